The van der Waals surface area contributed by atoms with Crippen LogP contribution in [0.5, 0.6) is 0 Å². The Morgan fingerprint density at radius 3 is 2.81 bits per heavy atom. The van der Waals surface area contributed by atoms with Crippen LogP contribution in [0.1, 0.15) is 25.0 Å². The minimum Gasteiger partial charge on any atom is -0.192 e. The lowest BCUT2D eigenvalue weighted by atomic mass is 9.97. The van der Waals surface area contributed by atoms with E-state index in [4.69, 9.17) is 0 Å². The number of rotatable bonds is 2. The summed E-state index contributed by atoms with van der Waals surface area (Å²) in [7, 11) is 0. The smallest absolute Gasteiger partial charge is 0.101 e. The fourth-order valence-corrected chi connectivity index (χ4v) is 3.75. The van der Waals surface area contributed by atoms with E-state index < -0.39 is 0 Å². The highest BCUT2D eigenvalue weighted by atomic mass is 127. The van der Waals surface area contributed by atoms with Crippen LogP contribution in [0.4, 0.5) is 0 Å². The molecule has 0 radical (unpaired) electrons. The average Bonchev–Trinajstić information content (AvgIpc) is 2.57. The van der Waals surface area contributed by atoms with E-state index >= 15 is 0 Å². The Balaban J connectivity index is 2.63. The van der Waals surface area contributed by atoms with E-state index in [-0.39, 0.29) is 0 Å². The molecular weight excluding hydrogens is 329 g/mol. The second-order valence-corrected chi connectivity index (χ2v) is 7.22. The van der Waals surface area contributed by atoms with Gasteiger partial charge in [0.05, 0.1) is 13.1 Å². The first-order valence-electron chi connectivity index (χ1n) is 5.23. The van der Waals surface area contributed by atoms with Gasteiger partial charge in [-0.05, 0) is 51.9 Å². The summed E-state index contributed by atoms with van der Waals surface area (Å²) in [5, 5.41) is 10.5. The molecule has 1 aromatic heterocycles. The summed E-state index contributed by atoms with van der Waals surface area (Å²) in [6.45, 7) is 4.37. The maximum atomic E-state index is 9.29. The fraction of sp³-hybridized carbons (Fsp3) is 0.308. The molecule has 0 bridgehead atoms. The van der Waals surface area contributed by atoms with Crippen molar-refractivity contribution < 1.29 is 0 Å². The highest BCUT2D eigenvalue weighted by Crippen LogP contribution is 2.32. The third-order valence-corrected chi connectivity index (χ3v) is 4.41. The number of benzene rings is 1. The van der Waals surface area contributed by atoms with E-state index in [2.05, 4.69) is 60.7 Å². The zero-order valence-corrected chi connectivity index (χ0v) is 12.2. The van der Waals surface area contributed by atoms with Crippen LogP contribution < -0.4 is 0 Å². The van der Waals surface area contributed by atoms with E-state index in [0.717, 1.165) is 16.7 Å². The first-order chi connectivity index (χ1) is 7.61. The minimum absolute atomic E-state index is 0.587. The molecule has 0 spiro atoms. The third-order valence-electron chi connectivity index (χ3n) is 2.48. The number of hydrogen-bond donors (Lipinski definition) is 0. The standard InChI is InChI=1S/C13H12INS/c1-8(2)5-9-3-4-10-6-12(14)16-13(10)11(9)7-15/h3-4,6,8H,5H2,1-2H3. The van der Waals surface area contributed by atoms with E-state index in [0.29, 0.717) is 5.92 Å². The molecular formula is C13H12INS. The molecule has 0 aliphatic rings. The molecule has 2 rings (SSSR count). The number of nitriles is 1. The van der Waals surface area contributed by atoms with Gasteiger partial charge in [0.1, 0.15) is 6.07 Å². The van der Waals surface area contributed by atoms with Gasteiger partial charge in [-0.1, -0.05) is 26.0 Å². The van der Waals surface area contributed by atoms with Crippen molar-refractivity contribution in [3.8, 4) is 6.07 Å². The van der Waals surface area contributed by atoms with Gasteiger partial charge in [0.15, 0.2) is 0 Å². The molecule has 0 fully saturated rings. The zero-order valence-electron chi connectivity index (χ0n) is 9.25. The van der Waals surface area contributed by atoms with Crippen LogP contribution in [0.25, 0.3) is 10.1 Å². The van der Waals surface area contributed by atoms with Gasteiger partial charge < -0.3 is 0 Å². The van der Waals surface area contributed by atoms with Crippen LogP contribution >= 0.6 is 33.9 Å². The third kappa shape index (κ3) is 2.23. The van der Waals surface area contributed by atoms with Crippen molar-refractivity contribution in [1.82, 2.24) is 0 Å². The number of hydrogen-bond acceptors (Lipinski definition) is 2. The normalized spacial score (nSPS) is 10.9. The van der Waals surface area contributed by atoms with Crippen molar-refractivity contribution in [2.75, 3.05) is 0 Å². The summed E-state index contributed by atoms with van der Waals surface area (Å²) < 4.78 is 2.39. The molecule has 0 N–H and O–H groups in total. The van der Waals surface area contributed by atoms with Gasteiger partial charge in [0.2, 0.25) is 0 Å². The topological polar surface area (TPSA) is 23.8 Å². The maximum absolute atomic E-state index is 9.29. The van der Waals surface area contributed by atoms with Gasteiger partial charge in [-0.3, -0.25) is 0 Å². The van der Waals surface area contributed by atoms with Crippen molar-refractivity contribution in [2.24, 2.45) is 5.92 Å². The van der Waals surface area contributed by atoms with Gasteiger partial charge in [-0.15, -0.1) is 11.3 Å². The lowest BCUT2D eigenvalue weighted by Gasteiger charge is -2.07. The summed E-state index contributed by atoms with van der Waals surface area (Å²) in [5.41, 5.74) is 2.06. The second kappa shape index (κ2) is 4.72. The first-order valence-corrected chi connectivity index (χ1v) is 7.12. The lowest BCUT2D eigenvalue weighted by Crippen LogP contribution is -1.97. The molecule has 3 heteroatoms. The van der Waals surface area contributed by atoms with Gasteiger partial charge >= 0.3 is 0 Å². The van der Waals surface area contributed by atoms with Crippen molar-refractivity contribution >= 4 is 44.0 Å². The van der Waals surface area contributed by atoms with Crippen molar-refractivity contribution in [1.29, 1.82) is 5.26 Å². The predicted molar refractivity (Wildman–Crippen MR) is 77.8 cm³/mol. The number of halogens is 1. The molecule has 16 heavy (non-hydrogen) atoms. The Hall–Kier alpha value is -0.600. The summed E-state index contributed by atoms with van der Waals surface area (Å²) in [6, 6.07) is 8.74. The molecule has 0 unspecified atom stereocenters. The molecule has 0 aliphatic heterocycles. The van der Waals surface area contributed by atoms with Crippen molar-refractivity contribution in [3.63, 3.8) is 0 Å². The fourth-order valence-electron chi connectivity index (χ4n) is 1.84. The Bertz CT molecular complexity index is 563. The molecule has 0 saturated carbocycles. The largest absolute Gasteiger partial charge is 0.192 e. The van der Waals surface area contributed by atoms with Crippen LogP contribution in [0.3, 0.4) is 0 Å². The summed E-state index contributed by atoms with van der Waals surface area (Å²) in [5.74, 6) is 0.587. The molecule has 0 amide bonds. The highest BCUT2D eigenvalue weighted by molar-refractivity contribution is 14.1. The number of nitrogens with zero attached hydrogens (tertiary/aromatic N) is 1. The lowest BCUT2D eigenvalue weighted by molar-refractivity contribution is 0.647. The van der Waals surface area contributed by atoms with Crippen LogP contribution in [-0.4, -0.2) is 0 Å². The summed E-state index contributed by atoms with van der Waals surface area (Å²) >= 11 is 4.02. The Morgan fingerprint density at radius 1 is 1.44 bits per heavy atom. The molecule has 0 saturated heterocycles. The predicted octanol–water partition coefficient (Wildman–Crippen LogP) is 4.58. The van der Waals surface area contributed by atoms with Crippen molar-refractivity contribution in [3.05, 3.63) is 32.2 Å². The van der Waals surface area contributed by atoms with Gasteiger partial charge in [-0.2, -0.15) is 5.26 Å². The molecule has 0 atom stereocenters. The average molecular weight is 341 g/mol. The Kier molecular flexibility index (Phi) is 3.50. The van der Waals surface area contributed by atoms with Crippen LogP contribution in [0, 0.1) is 20.1 Å². The molecule has 1 heterocycles. The molecule has 82 valence electrons. The summed E-state index contributed by atoms with van der Waals surface area (Å²) in [6.07, 6.45) is 0.979. The van der Waals surface area contributed by atoms with E-state index in [1.54, 1.807) is 11.3 Å². The van der Waals surface area contributed by atoms with Crippen LogP contribution in [0.2, 0.25) is 0 Å². The highest BCUT2D eigenvalue weighted by Gasteiger charge is 2.11. The zero-order chi connectivity index (χ0) is 11.7. The van der Waals surface area contributed by atoms with Gasteiger partial charge in [0, 0.05) is 0 Å². The summed E-state index contributed by atoms with van der Waals surface area (Å²) in [4.78, 5) is 0. The maximum Gasteiger partial charge on any atom is 0.101 e. The van der Waals surface area contributed by atoms with Crippen LogP contribution in [0.15, 0.2) is 18.2 Å². The first kappa shape index (κ1) is 11.9. The van der Waals surface area contributed by atoms with Gasteiger partial charge in [0.25, 0.3) is 0 Å². The molecule has 0 aliphatic carbocycles. The van der Waals surface area contributed by atoms with Crippen LogP contribution in [-0.2, 0) is 6.42 Å². The molecule has 2 aromatic rings. The second-order valence-electron chi connectivity index (χ2n) is 4.28. The van der Waals surface area contributed by atoms with Crippen molar-refractivity contribution in [2.45, 2.75) is 20.3 Å². The van der Waals surface area contributed by atoms with E-state index in [1.807, 2.05) is 0 Å². The van der Waals surface area contributed by atoms with Gasteiger partial charge in [-0.25, -0.2) is 0 Å². The van der Waals surface area contributed by atoms with E-state index in [9.17, 15) is 5.26 Å². The monoisotopic (exact) mass is 341 g/mol. The Labute approximate surface area is 113 Å². The minimum atomic E-state index is 0.587. The SMILES string of the molecule is CC(C)Cc1ccc2cc(I)sc2c1C#N. The number of fused-ring (bicyclic) bond motifs is 1. The Morgan fingerprint density at radius 2 is 2.19 bits per heavy atom. The van der Waals surface area contributed by atoms with E-state index in [1.165, 1.54) is 13.8 Å². The molecule has 1 nitrogen and oxygen atoms in total. The quantitative estimate of drug-likeness (QED) is 0.734. The number of thiophene rings is 1. The molecule has 1 aromatic carbocycles.